The number of hydrogen-bond acceptors (Lipinski definition) is 3. The molecule has 0 unspecified atom stereocenters. The lowest BCUT2D eigenvalue weighted by Gasteiger charge is -2.15. The second-order valence-corrected chi connectivity index (χ2v) is 5.45. The fourth-order valence-corrected chi connectivity index (χ4v) is 2.57. The maximum absolute atomic E-state index is 12.2. The van der Waals surface area contributed by atoms with Crippen LogP contribution in [0.15, 0.2) is 30.3 Å². The minimum absolute atomic E-state index is 0.00586. The van der Waals surface area contributed by atoms with Gasteiger partial charge >= 0.3 is 0 Å². The van der Waals surface area contributed by atoms with Crippen LogP contribution >= 0.6 is 0 Å². The van der Waals surface area contributed by atoms with Crippen LogP contribution in [0.3, 0.4) is 0 Å². The minimum atomic E-state index is -0.0793. The van der Waals surface area contributed by atoms with Crippen LogP contribution in [0.2, 0.25) is 0 Å². The first-order chi connectivity index (χ1) is 10.6. The van der Waals surface area contributed by atoms with E-state index in [1.165, 1.54) is 0 Å². The summed E-state index contributed by atoms with van der Waals surface area (Å²) < 4.78 is 0. The van der Waals surface area contributed by atoms with Crippen LogP contribution in [-0.2, 0) is 17.9 Å². The van der Waals surface area contributed by atoms with Gasteiger partial charge in [0.05, 0.1) is 12.2 Å². The number of nitrogens with zero attached hydrogens (tertiary/aromatic N) is 2. The molecule has 1 aliphatic rings. The van der Waals surface area contributed by atoms with Crippen LogP contribution in [0.4, 0.5) is 0 Å². The summed E-state index contributed by atoms with van der Waals surface area (Å²) in [5, 5.41) is 9.70. The molecular formula is C16H18N4O2. The fourth-order valence-electron chi connectivity index (χ4n) is 2.57. The molecule has 3 rings (SSSR count). The highest BCUT2D eigenvalue weighted by Crippen LogP contribution is 2.22. The van der Waals surface area contributed by atoms with Crippen LogP contribution in [0.5, 0.6) is 0 Å². The van der Waals surface area contributed by atoms with Crippen molar-refractivity contribution >= 4 is 11.8 Å². The Balaban J connectivity index is 1.47. The van der Waals surface area contributed by atoms with E-state index in [9.17, 15) is 9.59 Å². The van der Waals surface area contributed by atoms with Crippen molar-refractivity contribution in [1.82, 2.24) is 20.4 Å². The average molecular weight is 298 g/mol. The molecule has 2 amide bonds. The third-order valence-corrected chi connectivity index (χ3v) is 3.73. The van der Waals surface area contributed by atoms with Gasteiger partial charge in [-0.2, -0.15) is 5.10 Å². The SMILES string of the molecule is Cc1cc(CNC(=O)CCN2Cc3ccccc3C2=O)n[nH]1. The summed E-state index contributed by atoms with van der Waals surface area (Å²) in [6, 6.07) is 9.46. The summed E-state index contributed by atoms with van der Waals surface area (Å²) in [5.41, 5.74) is 3.54. The molecule has 0 radical (unpaired) electrons. The third kappa shape index (κ3) is 3.00. The zero-order chi connectivity index (χ0) is 15.5. The Hall–Kier alpha value is -2.63. The number of benzene rings is 1. The van der Waals surface area contributed by atoms with E-state index in [1.54, 1.807) is 4.90 Å². The van der Waals surface area contributed by atoms with Crippen molar-refractivity contribution in [2.75, 3.05) is 6.54 Å². The Bertz CT molecular complexity index is 708. The minimum Gasteiger partial charge on any atom is -0.350 e. The van der Waals surface area contributed by atoms with Gasteiger partial charge in [0.1, 0.15) is 0 Å². The van der Waals surface area contributed by atoms with Crippen molar-refractivity contribution < 1.29 is 9.59 Å². The number of aromatic amines is 1. The van der Waals surface area contributed by atoms with Gasteiger partial charge in [-0.3, -0.25) is 14.7 Å². The predicted molar refractivity (Wildman–Crippen MR) is 81.0 cm³/mol. The van der Waals surface area contributed by atoms with Gasteiger partial charge < -0.3 is 10.2 Å². The second kappa shape index (κ2) is 6.01. The molecule has 0 saturated carbocycles. The Morgan fingerprint density at radius 1 is 1.41 bits per heavy atom. The number of H-pyrrole nitrogens is 1. The molecular weight excluding hydrogens is 280 g/mol. The Labute approximate surface area is 128 Å². The van der Waals surface area contributed by atoms with Gasteiger partial charge in [0.25, 0.3) is 5.91 Å². The van der Waals surface area contributed by atoms with Gasteiger partial charge in [-0.1, -0.05) is 18.2 Å². The number of aromatic nitrogens is 2. The molecule has 2 heterocycles. The molecule has 0 bridgehead atoms. The van der Waals surface area contributed by atoms with Gasteiger partial charge in [-0.05, 0) is 24.6 Å². The number of rotatable bonds is 5. The molecule has 0 spiro atoms. The first-order valence-electron chi connectivity index (χ1n) is 7.28. The average Bonchev–Trinajstić information content (AvgIpc) is 3.07. The number of amides is 2. The highest BCUT2D eigenvalue weighted by atomic mass is 16.2. The zero-order valence-corrected chi connectivity index (χ0v) is 12.4. The smallest absolute Gasteiger partial charge is 0.254 e. The number of carbonyl (C=O) groups is 2. The molecule has 0 saturated heterocycles. The highest BCUT2D eigenvalue weighted by molar-refractivity contribution is 5.98. The molecule has 0 fully saturated rings. The van der Waals surface area contributed by atoms with Gasteiger partial charge in [0, 0.05) is 30.8 Å². The quantitative estimate of drug-likeness (QED) is 0.875. The lowest BCUT2D eigenvalue weighted by molar-refractivity contribution is -0.121. The second-order valence-electron chi connectivity index (χ2n) is 5.45. The van der Waals surface area contributed by atoms with Crippen LogP contribution in [-0.4, -0.2) is 33.5 Å². The van der Waals surface area contributed by atoms with Crippen molar-refractivity contribution in [1.29, 1.82) is 0 Å². The Kier molecular flexibility index (Phi) is 3.91. The number of hydrogen-bond donors (Lipinski definition) is 2. The van der Waals surface area contributed by atoms with Crippen molar-refractivity contribution in [3.63, 3.8) is 0 Å². The zero-order valence-electron chi connectivity index (χ0n) is 12.4. The summed E-state index contributed by atoms with van der Waals surface area (Å²) in [7, 11) is 0. The summed E-state index contributed by atoms with van der Waals surface area (Å²) in [6.45, 7) is 3.33. The van der Waals surface area contributed by atoms with Gasteiger partial charge in [-0.15, -0.1) is 0 Å². The van der Waals surface area contributed by atoms with Crippen LogP contribution in [0.25, 0.3) is 0 Å². The number of fused-ring (bicyclic) bond motifs is 1. The Morgan fingerprint density at radius 3 is 2.95 bits per heavy atom. The summed E-state index contributed by atoms with van der Waals surface area (Å²) in [6.07, 6.45) is 0.295. The lowest BCUT2D eigenvalue weighted by Crippen LogP contribution is -2.31. The van der Waals surface area contributed by atoms with E-state index in [0.29, 0.717) is 26.1 Å². The molecule has 1 aliphatic heterocycles. The molecule has 1 aromatic carbocycles. The van der Waals surface area contributed by atoms with E-state index in [4.69, 9.17) is 0 Å². The van der Waals surface area contributed by atoms with E-state index in [0.717, 1.165) is 22.5 Å². The molecule has 1 aromatic heterocycles. The lowest BCUT2D eigenvalue weighted by atomic mass is 10.1. The fraction of sp³-hybridized carbons (Fsp3) is 0.312. The van der Waals surface area contributed by atoms with Crippen LogP contribution < -0.4 is 5.32 Å². The van der Waals surface area contributed by atoms with Crippen molar-refractivity contribution in [3.8, 4) is 0 Å². The Morgan fingerprint density at radius 2 is 2.23 bits per heavy atom. The largest absolute Gasteiger partial charge is 0.350 e. The summed E-state index contributed by atoms with van der Waals surface area (Å²) >= 11 is 0. The topological polar surface area (TPSA) is 78.1 Å². The van der Waals surface area contributed by atoms with Crippen molar-refractivity contribution in [2.45, 2.75) is 26.4 Å². The van der Waals surface area contributed by atoms with Crippen molar-refractivity contribution in [3.05, 3.63) is 52.8 Å². The summed E-state index contributed by atoms with van der Waals surface area (Å²) in [5.74, 6) is -0.0734. The molecule has 22 heavy (non-hydrogen) atoms. The highest BCUT2D eigenvalue weighted by Gasteiger charge is 2.26. The molecule has 114 valence electrons. The number of aryl methyl sites for hydroxylation is 1. The van der Waals surface area contributed by atoms with Crippen LogP contribution in [0.1, 0.15) is 33.7 Å². The maximum atomic E-state index is 12.2. The van der Waals surface area contributed by atoms with E-state index < -0.39 is 0 Å². The van der Waals surface area contributed by atoms with Crippen molar-refractivity contribution in [2.24, 2.45) is 0 Å². The monoisotopic (exact) mass is 298 g/mol. The van der Waals surface area contributed by atoms with E-state index in [-0.39, 0.29) is 11.8 Å². The standard InChI is InChI=1S/C16H18N4O2/c1-11-8-13(19-18-11)9-17-15(21)6-7-20-10-12-4-2-3-5-14(12)16(20)22/h2-5,8H,6-7,9-10H2,1H3,(H,17,21)(H,18,19). The first-order valence-corrected chi connectivity index (χ1v) is 7.28. The predicted octanol–water partition coefficient (Wildman–Crippen LogP) is 1.38. The normalized spacial score (nSPS) is 13.3. The van der Waals surface area contributed by atoms with Gasteiger partial charge in [-0.25, -0.2) is 0 Å². The molecule has 2 N–H and O–H groups in total. The molecule has 0 aliphatic carbocycles. The maximum Gasteiger partial charge on any atom is 0.254 e. The third-order valence-electron chi connectivity index (χ3n) is 3.73. The van der Waals surface area contributed by atoms with Crippen LogP contribution in [0, 0.1) is 6.92 Å². The molecule has 6 nitrogen and oxygen atoms in total. The number of carbonyl (C=O) groups excluding carboxylic acids is 2. The van der Waals surface area contributed by atoms with E-state index >= 15 is 0 Å². The molecule has 2 aromatic rings. The summed E-state index contributed by atoms with van der Waals surface area (Å²) in [4.78, 5) is 25.8. The van der Waals surface area contributed by atoms with E-state index in [1.807, 2.05) is 37.3 Å². The molecule has 6 heteroatoms. The first kappa shape index (κ1) is 14.3. The number of nitrogens with one attached hydrogen (secondary N) is 2. The van der Waals surface area contributed by atoms with E-state index in [2.05, 4.69) is 15.5 Å². The molecule has 0 atom stereocenters. The van der Waals surface area contributed by atoms with Gasteiger partial charge in [0.15, 0.2) is 0 Å². The van der Waals surface area contributed by atoms with Gasteiger partial charge in [0.2, 0.25) is 5.91 Å².